The highest BCUT2D eigenvalue weighted by molar-refractivity contribution is 9.10. The van der Waals surface area contributed by atoms with Crippen LogP contribution in [-0.4, -0.2) is 34.7 Å². The number of anilines is 1. The number of halogens is 1. The maximum absolute atomic E-state index is 12.5. The third-order valence-electron chi connectivity index (χ3n) is 5.38. The van der Waals surface area contributed by atoms with Crippen LogP contribution in [0.1, 0.15) is 22.2 Å². The minimum Gasteiger partial charge on any atom is -0.479 e. The molecule has 0 aliphatic carbocycles. The molecule has 0 atom stereocenters. The molecule has 0 fully saturated rings. The average Bonchev–Trinajstić information content (AvgIpc) is 3.23. The molecule has 0 aliphatic heterocycles. The molecule has 4 aromatic rings. The highest BCUT2D eigenvalue weighted by atomic mass is 79.9. The number of carbonyl (C=O) groups excluding carboxylic acids is 1. The van der Waals surface area contributed by atoms with Crippen molar-refractivity contribution in [2.24, 2.45) is 0 Å². The standard InChI is InChI=1S/C28H22BrNO7S/c1-17(31)30(20-10-12-22(13-11-20)37-21-8-3-2-4-9-21)15-18-6-5-7-19(14-18)26-24(29)25(36-16-23(32)33)27(38-26)28(34)35/h2-14H,15-16H2,1H3,(H,32,33)(H,34,35). The van der Waals surface area contributed by atoms with E-state index in [1.807, 2.05) is 60.7 Å². The number of rotatable bonds is 10. The van der Waals surface area contributed by atoms with Crippen molar-refractivity contribution >= 4 is 50.8 Å². The fraction of sp³-hybridized carbons (Fsp3) is 0.107. The second kappa shape index (κ2) is 11.9. The first-order chi connectivity index (χ1) is 18.2. The number of aliphatic carboxylic acids is 1. The molecule has 0 spiro atoms. The first-order valence-electron chi connectivity index (χ1n) is 11.3. The summed E-state index contributed by atoms with van der Waals surface area (Å²) in [5.41, 5.74) is 2.20. The van der Waals surface area contributed by atoms with Gasteiger partial charge in [-0.2, -0.15) is 0 Å². The summed E-state index contributed by atoms with van der Waals surface area (Å²) in [4.78, 5) is 37.3. The summed E-state index contributed by atoms with van der Waals surface area (Å²) in [6.07, 6.45) is 0. The number of ether oxygens (including phenoxy) is 2. The van der Waals surface area contributed by atoms with Crippen molar-refractivity contribution in [3.8, 4) is 27.7 Å². The van der Waals surface area contributed by atoms with E-state index >= 15 is 0 Å². The summed E-state index contributed by atoms with van der Waals surface area (Å²) in [5.74, 6) is -1.27. The summed E-state index contributed by atoms with van der Waals surface area (Å²) < 4.78 is 11.4. The van der Waals surface area contributed by atoms with Crippen molar-refractivity contribution in [2.45, 2.75) is 13.5 Å². The summed E-state index contributed by atoms with van der Waals surface area (Å²) in [5, 5.41) is 18.5. The van der Waals surface area contributed by atoms with Crippen LogP contribution in [0.4, 0.5) is 5.69 Å². The molecule has 0 aliphatic rings. The van der Waals surface area contributed by atoms with E-state index in [2.05, 4.69) is 15.9 Å². The average molecular weight is 596 g/mol. The van der Waals surface area contributed by atoms with Crippen molar-refractivity contribution < 1.29 is 34.1 Å². The summed E-state index contributed by atoms with van der Waals surface area (Å²) in [6, 6.07) is 23.9. The summed E-state index contributed by atoms with van der Waals surface area (Å²) >= 11 is 4.35. The minimum atomic E-state index is -1.22. The normalized spacial score (nSPS) is 10.6. The van der Waals surface area contributed by atoms with Crippen LogP contribution >= 0.6 is 27.3 Å². The van der Waals surface area contributed by atoms with Crippen LogP contribution in [0.15, 0.2) is 83.3 Å². The van der Waals surface area contributed by atoms with E-state index in [1.54, 1.807) is 23.1 Å². The van der Waals surface area contributed by atoms with Gasteiger partial charge < -0.3 is 24.6 Å². The Labute approximate surface area is 230 Å². The van der Waals surface area contributed by atoms with Crippen LogP contribution in [-0.2, 0) is 16.1 Å². The molecule has 0 unspecified atom stereocenters. The Bertz CT molecular complexity index is 1470. The smallest absolute Gasteiger partial charge is 0.349 e. The number of benzene rings is 3. The van der Waals surface area contributed by atoms with E-state index in [4.69, 9.17) is 14.6 Å². The zero-order valence-corrected chi connectivity index (χ0v) is 22.5. The lowest BCUT2D eigenvalue weighted by Gasteiger charge is -2.22. The van der Waals surface area contributed by atoms with Crippen molar-refractivity contribution in [3.63, 3.8) is 0 Å². The zero-order chi connectivity index (χ0) is 27.2. The topological polar surface area (TPSA) is 113 Å². The van der Waals surface area contributed by atoms with E-state index in [1.165, 1.54) is 6.92 Å². The van der Waals surface area contributed by atoms with E-state index in [0.29, 0.717) is 32.1 Å². The Morgan fingerprint density at radius 2 is 1.61 bits per heavy atom. The van der Waals surface area contributed by atoms with E-state index in [0.717, 1.165) is 16.9 Å². The molecule has 0 radical (unpaired) electrons. The summed E-state index contributed by atoms with van der Waals surface area (Å²) in [7, 11) is 0. The number of hydrogen-bond donors (Lipinski definition) is 2. The number of thiophene rings is 1. The predicted octanol–water partition coefficient (Wildman–Crippen LogP) is 6.68. The van der Waals surface area contributed by atoms with Gasteiger partial charge in [0, 0.05) is 12.6 Å². The summed E-state index contributed by atoms with van der Waals surface area (Å²) in [6.45, 7) is 1.09. The van der Waals surface area contributed by atoms with Crippen LogP contribution in [0.5, 0.6) is 17.2 Å². The number of carboxylic acid groups (broad SMARTS) is 2. The predicted molar refractivity (Wildman–Crippen MR) is 147 cm³/mol. The number of carboxylic acids is 2. The number of nitrogens with zero attached hydrogens (tertiary/aromatic N) is 1. The van der Waals surface area contributed by atoms with Gasteiger partial charge in [-0.1, -0.05) is 36.4 Å². The minimum absolute atomic E-state index is 0.0338. The van der Waals surface area contributed by atoms with Gasteiger partial charge in [-0.25, -0.2) is 9.59 Å². The molecule has 0 saturated heterocycles. The second-order valence-corrected chi connectivity index (χ2v) is 9.92. The highest BCUT2D eigenvalue weighted by Crippen LogP contribution is 2.45. The lowest BCUT2D eigenvalue weighted by Crippen LogP contribution is -2.27. The van der Waals surface area contributed by atoms with Crippen LogP contribution < -0.4 is 14.4 Å². The second-order valence-electron chi connectivity index (χ2n) is 8.11. The van der Waals surface area contributed by atoms with Gasteiger partial charge in [0.05, 0.1) is 15.9 Å². The SMILES string of the molecule is CC(=O)N(Cc1cccc(-c2sc(C(=O)O)c(OCC(=O)O)c2Br)c1)c1ccc(Oc2ccccc2)cc1. The van der Waals surface area contributed by atoms with Gasteiger partial charge in [0.15, 0.2) is 17.2 Å². The molecule has 4 rings (SSSR count). The lowest BCUT2D eigenvalue weighted by atomic mass is 10.1. The van der Waals surface area contributed by atoms with Crippen molar-refractivity contribution in [2.75, 3.05) is 11.5 Å². The molecule has 3 aromatic carbocycles. The molecule has 38 heavy (non-hydrogen) atoms. The molecule has 8 nitrogen and oxygen atoms in total. The van der Waals surface area contributed by atoms with Gasteiger partial charge in [0.25, 0.3) is 0 Å². The first-order valence-corrected chi connectivity index (χ1v) is 12.9. The van der Waals surface area contributed by atoms with Gasteiger partial charge in [-0.3, -0.25) is 4.79 Å². The molecule has 0 bridgehead atoms. The molecule has 0 saturated carbocycles. The van der Waals surface area contributed by atoms with Gasteiger partial charge in [0.2, 0.25) is 5.91 Å². The van der Waals surface area contributed by atoms with E-state index < -0.39 is 18.5 Å². The fourth-order valence-electron chi connectivity index (χ4n) is 3.68. The van der Waals surface area contributed by atoms with Crippen molar-refractivity contribution in [1.82, 2.24) is 0 Å². The third-order valence-corrected chi connectivity index (χ3v) is 7.61. The Hall–Kier alpha value is -4.15. The number of amides is 1. The molecule has 1 heterocycles. The van der Waals surface area contributed by atoms with Crippen LogP contribution in [0.3, 0.4) is 0 Å². The van der Waals surface area contributed by atoms with Gasteiger partial charge in [0.1, 0.15) is 11.5 Å². The highest BCUT2D eigenvalue weighted by Gasteiger charge is 2.24. The molecule has 10 heteroatoms. The molecular weight excluding hydrogens is 574 g/mol. The van der Waals surface area contributed by atoms with Crippen LogP contribution in [0.25, 0.3) is 10.4 Å². The Morgan fingerprint density at radius 1 is 0.921 bits per heavy atom. The lowest BCUT2D eigenvalue weighted by molar-refractivity contribution is -0.139. The molecule has 1 amide bonds. The van der Waals surface area contributed by atoms with E-state index in [9.17, 15) is 19.5 Å². The monoisotopic (exact) mass is 595 g/mol. The van der Waals surface area contributed by atoms with Crippen LogP contribution in [0, 0.1) is 0 Å². The largest absolute Gasteiger partial charge is 0.479 e. The number of carbonyl (C=O) groups is 3. The molecule has 1 aromatic heterocycles. The zero-order valence-electron chi connectivity index (χ0n) is 20.1. The van der Waals surface area contributed by atoms with Gasteiger partial charge in [-0.05, 0) is 69.5 Å². The fourth-order valence-corrected chi connectivity index (χ4v) is 5.57. The third kappa shape index (κ3) is 6.39. The van der Waals surface area contributed by atoms with Gasteiger partial charge in [-0.15, -0.1) is 11.3 Å². The van der Waals surface area contributed by atoms with E-state index in [-0.39, 0.29) is 23.1 Å². The molecule has 2 N–H and O–H groups in total. The Kier molecular flexibility index (Phi) is 8.45. The first kappa shape index (κ1) is 26.9. The number of hydrogen-bond acceptors (Lipinski definition) is 6. The van der Waals surface area contributed by atoms with Gasteiger partial charge >= 0.3 is 11.9 Å². The number of para-hydroxylation sites is 1. The quantitative estimate of drug-likeness (QED) is 0.210. The Balaban J connectivity index is 1.57. The van der Waals surface area contributed by atoms with Crippen molar-refractivity contribution in [1.29, 1.82) is 0 Å². The van der Waals surface area contributed by atoms with Crippen molar-refractivity contribution in [3.05, 3.63) is 93.8 Å². The maximum Gasteiger partial charge on any atom is 0.349 e. The maximum atomic E-state index is 12.5. The molecule has 194 valence electrons. The Morgan fingerprint density at radius 3 is 2.24 bits per heavy atom. The van der Waals surface area contributed by atoms with Crippen LogP contribution in [0.2, 0.25) is 0 Å². The molecular formula is C28H22BrNO7S. The number of aromatic carboxylic acids is 1.